The van der Waals surface area contributed by atoms with Gasteiger partial charge in [0.1, 0.15) is 0 Å². The predicted octanol–water partition coefficient (Wildman–Crippen LogP) is 1.58. The first kappa shape index (κ1) is 11.3. The zero-order valence-electron chi connectivity index (χ0n) is 10.7. The molecule has 0 saturated heterocycles. The second kappa shape index (κ2) is 4.12. The van der Waals surface area contributed by atoms with E-state index in [2.05, 4.69) is 28.6 Å². The molecule has 18 heavy (non-hydrogen) atoms. The Morgan fingerprint density at radius 3 is 2.83 bits per heavy atom. The van der Waals surface area contributed by atoms with Crippen LogP contribution in [0.25, 0.3) is 0 Å². The number of benzene rings is 1. The summed E-state index contributed by atoms with van der Waals surface area (Å²) in [5.74, 6) is 0.597. The molecule has 1 heterocycles. The summed E-state index contributed by atoms with van der Waals surface area (Å²) in [5.41, 5.74) is 3.34. The van der Waals surface area contributed by atoms with E-state index in [-0.39, 0.29) is 5.91 Å². The van der Waals surface area contributed by atoms with Crippen molar-refractivity contribution in [3.63, 3.8) is 0 Å². The topological polar surface area (TPSA) is 53.5 Å². The van der Waals surface area contributed by atoms with Crippen LogP contribution < -0.4 is 10.6 Å². The Morgan fingerprint density at radius 1 is 1.33 bits per heavy atom. The van der Waals surface area contributed by atoms with E-state index in [0.717, 1.165) is 11.1 Å². The van der Waals surface area contributed by atoms with Crippen LogP contribution in [0, 0.1) is 13.8 Å². The number of amides is 1. The summed E-state index contributed by atoms with van der Waals surface area (Å²) in [6, 6.07) is 6.12. The number of hydrogen-bond acceptors (Lipinski definition) is 3. The van der Waals surface area contributed by atoms with Gasteiger partial charge < -0.3 is 5.32 Å². The molecule has 2 aliphatic rings. The van der Waals surface area contributed by atoms with Gasteiger partial charge in [0.15, 0.2) is 12.0 Å². The number of rotatable bonds is 2. The zero-order valence-corrected chi connectivity index (χ0v) is 10.7. The molecular formula is C14H17N3O. The quantitative estimate of drug-likeness (QED) is 0.828. The van der Waals surface area contributed by atoms with Gasteiger partial charge in [-0.15, -0.1) is 0 Å². The Bertz CT molecular complexity index is 532. The molecule has 4 heteroatoms. The summed E-state index contributed by atoms with van der Waals surface area (Å²) in [6.45, 7) is 4.10. The van der Waals surface area contributed by atoms with Crippen LogP contribution in [0.2, 0.25) is 0 Å². The highest BCUT2D eigenvalue weighted by atomic mass is 16.2. The van der Waals surface area contributed by atoms with E-state index in [1.165, 1.54) is 18.4 Å². The van der Waals surface area contributed by atoms with Gasteiger partial charge in [0, 0.05) is 6.04 Å². The Kier molecular flexibility index (Phi) is 2.58. The van der Waals surface area contributed by atoms with Crippen molar-refractivity contribution in [1.82, 2.24) is 10.6 Å². The van der Waals surface area contributed by atoms with Gasteiger partial charge in [-0.2, -0.15) is 0 Å². The molecule has 0 radical (unpaired) electrons. The highest BCUT2D eigenvalue weighted by molar-refractivity contribution is 6.05. The second-order valence-electron chi connectivity index (χ2n) is 5.08. The Morgan fingerprint density at radius 2 is 2.11 bits per heavy atom. The molecule has 1 fully saturated rings. The maximum absolute atomic E-state index is 12.0. The normalized spacial score (nSPS) is 22.7. The molecule has 1 aliphatic carbocycles. The molecule has 3 rings (SSSR count). The number of nitrogens with one attached hydrogen (secondary N) is 2. The summed E-state index contributed by atoms with van der Waals surface area (Å²) in [5, 5.41) is 6.06. The Hall–Kier alpha value is -1.84. The van der Waals surface area contributed by atoms with Gasteiger partial charge in [-0.05, 0) is 43.4 Å². The monoisotopic (exact) mass is 243 g/mol. The predicted molar refractivity (Wildman–Crippen MR) is 70.4 cm³/mol. The van der Waals surface area contributed by atoms with Crippen LogP contribution in [-0.2, 0) is 4.79 Å². The lowest BCUT2D eigenvalue weighted by Crippen LogP contribution is -2.37. The molecule has 1 aliphatic heterocycles. The van der Waals surface area contributed by atoms with Gasteiger partial charge >= 0.3 is 0 Å². The van der Waals surface area contributed by atoms with E-state index < -0.39 is 6.04 Å². The molecule has 1 atom stereocenters. The molecule has 94 valence electrons. The van der Waals surface area contributed by atoms with Crippen molar-refractivity contribution in [3.05, 3.63) is 34.9 Å². The van der Waals surface area contributed by atoms with Crippen LogP contribution in [0.4, 0.5) is 0 Å². The van der Waals surface area contributed by atoms with E-state index in [4.69, 9.17) is 0 Å². The highest BCUT2D eigenvalue weighted by Crippen LogP contribution is 2.27. The van der Waals surface area contributed by atoms with Crippen molar-refractivity contribution in [2.75, 3.05) is 0 Å². The lowest BCUT2D eigenvalue weighted by Gasteiger charge is -2.10. The molecule has 1 aromatic carbocycles. The Labute approximate surface area is 106 Å². The average molecular weight is 243 g/mol. The number of carbonyl (C=O) groups is 1. The van der Waals surface area contributed by atoms with Gasteiger partial charge in [-0.25, -0.2) is 4.99 Å². The average Bonchev–Trinajstić information content (AvgIpc) is 3.06. The molecule has 0 bridgehead atoms. The standard InChI is InChI=1S/C14H17N3O/c1-8-4-3-5-11(9(8)2)12-13(18)17-14(16-12)15-10-6-7-10/h3-5,10,12H,6-7H2,1-2H3,(H2,15,16,17,18). The van der Waals surface area contributed by atoms with Crippen molar-refractivity contribution in [2.45, 2.75) is 38.8 Å². The lowest BCUT2D eigenvalue weighted by molar-refractivity contribution is -0.120. The van der Waals surface area contributed by atoms with Gasteiger partial charge in [0.2, 0.25) is 0 Å². The van der Waals surface area contributed by atoms with Crippen LogP contribution in [0.3, 0.4) is 0 Å². The van der Waals surface area contributed by atoms with E-state index in [1.807, 2.05) is 19.1 Å². The van der Waals surface area contributed by atoms with Gasteiger partial charge in [0.25, 0.3) is 5.91 Å². The molecule has 0 spiro atoms. The minimum Gasteiger partial charge on any atom is -0.353 e. The number of carbonyl (C=O) groups excluding carboxylic acids is 1. The molecule has 1 saturated carbocycles. The number of nitrogens with zero attached hydrogens (tertiary/aromatic N) is 1. The maximum atomic E-state index is 12.0. The van der Waals surface area contributed by atoms with Crippen molar-refractivity contribution >= 4 is 11.9 Å². The number of aliphatic imine (C=N–C) groups is 1. The Balaban J connectivity index is 1.88. The first-order chi connectivity index (χ1) is 8.65. The van der Waals surface area contributed by atoms with Crippen molar-refractivity contribution in [3.8, 4) is 0 Å². The van der Waals surface area contributed by atoms with Crippen LogP contribution >= 0.6 is 0 Å². The van der Waals surface area contributed by atoms with Crippen molar-refractivity contribution < 1.29 is 4.79 Å². The molecule has 1 aromatic rings. The summed E-state index contributed by atoms with van der Waals surface area (Å²) < 4.78 is 0. The fraction of sp³-hybridized carbons (Fsp3) is 0.429. The number of hydrogen-bond donors (Lipinski definition) is 2. The second-order valence-corrected chi connectivity index (χ2v) is 5.08. The number of guanidine groups is 1. The fourth-order valence-corrected chi connectivity index (χ4v) is 2.18. The van der Waals surface area contributed by atoms with Crippen molar-refractivity contribution in [2.24, 2.45) is 4.99 Å². The minimum absolute atomic E-state index is 0.0353. The molecule has 2 N–H and O–H groups in total. The third kappa shape index (κ3) is 1.98. The molecule has 1 amide bonds. The van der Waals surface area contributed by atoms with Crippen LogP contribution in [0.1, 0.15) is 35.6 Å². The smallest absolute Gasteiger partial charge is 0.256 e. The third-order valence-corrected chi connectivity index (χ3v) is 3.61. The van der Waals surface area contributed by atoms with E-state index in [9.17, 15) is 4.79 Å². The summed E-state index contributed by atoms with van der Waals surface area (Å²) >= 11 is 0. The van der Waals surface area contributed by atoms with E-state index in [0.29, 0.717) is 12.0 Å². The summed E-state index contributed by atoms with van der Waals surface area (Å²) in [6.07, 6.45) is 2.34. The molecular weight excluding hydrogens is 226 g/mol. The van der Waals surface area contributed by atoms with Gasteiger partial charge in [-0.3, -0.25) is 10.1 Å². The first-order valence-electron chi connectivity index (χ1n) is 6.36. The van der Waals surface area contributed by atoms with E-state index in [1.54, 1.807) is 0 Å². The van der Waals surface area contributed by atoms with Crippen LogP contribution in [-0.4, -0.2) is 17.9 Å². The van der Waals surface area contributed by atoms with Gasteiger partial charge in [0.05, 0.1) is 0 Å². The highest BCUT2D eigenvalue weighted by Gasteiger charge is 2.32. The molecule has 4 nitrogen and oxygen atoms in total. The van der Waals surface area contributed by atoms with Crippen LogP contribution in [0.5, 0.6) is 0 Å². The maximum Gasteiger partial charge on any atom is 0.256 e. The third-order valence-electron chi connectivity index (χ3n) is 3.61. The van der Waals surface area contributed by atoms with Crippen molar-refractivity contribution in [1.29, 1.82) is 0 Å². The SMILES string of the molecule is Cc1cccc(C2N=C(NC3CC3)NC2=O)c1C. The molecule has 0 aromatic heterocycles. The first-order valence-corrected chi connectivity index (χ1v) is 6.36. The summed E-state index contributed by atoms with van der Waals surface area (Å²) in [4.78, 5) is 16.5. The van der Waals surface area contributed by atoms with Crippen LogP contribution in [0.15, 0.2) is 23.2 Å². The summed E-state index contributed by atoms with van der Waals surface area (Å²) in [7, 11) is 0. The zero-order chi connectivity index (χ0) is 12.7. The van der Waals surface area contributed by atoms with E-state index >= 15 is 0 Å². The molecule has 1 unspecified atom stereocenters. The largest absolute Gasteiger partial charge is 0.353 e. The lowest BCUT2D eigenvalue weighted by atomic mass is 9.98. The minimum atomic E-state index is -0.397. The number of aryl methyl sites for hydroxylation is 1. The van der Waals surface area contributed by atoms with Gasteiger partial charge in [-0.1, -0.05) is 18.2 Å². The fourth-order valence-electron chi connectivity index (χ4n) is 2.18.